The first-order valence-corrected chi connectivity index (χ1v) is 6.00. The minimum Gasteiger partial charge on any atom is -0.462 e. The number of carbonyl (C=O) groups excluding carboxylic acids is 1. The van der Waals surface area contributed by atoms with Gasteiger partial charge in [0.05, 0.1) is 12.1 Å². The summed E-state index contributed by atoms with van der Waals surface area (Å²) in [6.07, 6.45) is 3.04. The molecule has 0 N–H and O–H groups in total. The number of unbranched alkanes of at least 4 members (excludes halogenated alkanes) is 1. The van der Waals surface area contributed by atoms with E-state index >= 15 is 0 Å². The van der Waals surface area contributed by atoms with Crippen LogP contribution in [0.3, 0.4) is 0 Å². The SMILES string of the molecule is CCCCOC1CC(N=[N+]=[N-])[C@@H](OC(C)=O)C1. The quantitative estimate of drug-likeness (QED) is 0.235. The average molecular weight is 241 g/mol. The van der Waals surface area contributed by atoms with E-state index < -0.39 is 0 Å². The minimum atomic E-state index is -0.345. The fourth-order valence-corrected chi connectivity index (χ4v) is 1.99. The Balaban J connectivity index is 2.46. The summed E-state index contributed by atoms with van der Waals surface area (Å²) in [4.78, 5) is 13.7. The number of nitrogens with zero attached hydrogens (tertiary/aromatic N) is 3. The first-order chi connectivity index (χ1) is 8.17. The molecule has 2 unspecified atom stereocenters. The van der Waals surface area contributed by atoms with E-state index in [0.717, 1.165) is 12.8 Å². The molecule has 0 aliphatic heterocycles. The lowest BCUT2D eigenvalue weighted by atomic mass is 10.2. The number of ether oxygens (including phenoxy) is 2. The van der Waals surface area contributed by atoms with Gasteiger partial charge in [-0.05, 0) is 18.4 Å². The molecule has 0 heterocycles. The van der Waals surface area contributed by atoms with Crippen molar-refractivity contribution in [2.75, 3.05) is 6.61 Å². The molecule has 0 spiro atoms. The van der Waals surface area contributed by atoms with E-state index in [4.69, 9.17) is 15.0 Å². The van der Waals surface area contributed by atoms with Crippen LogP contribution < -0.4 is 0 Å². The Morgan fingerprint density at radius 2 is 2.29 bits per heavy atom. The molecule has 1 rings (SSSR count). The van der Waals surface area contributed by atoms with Gasteiger partial charge in [-0.3, -0.25) is 4.79 Å². The Bertz CT molecular complexity index is 302. The third-order valence-corrected chi connectivity index (χ3v) is 2.80. The summed E-state index contributed by atoms with van der Waals surface area (Å²) >= 11 is 0. The fourth-order valence-electron chi connectivity index (χ4n) is 1.99. The highest BCUT2D eigenvalue weighted by molar-refractivity contribution is 5.66. The molecule has 0 aromatic carbocycles. The van der Waals surface area contributed by atoms with Gasteiger partial charge in [-0.25, -0.2) is 0 Å². The lowest BCUT2D eigenvalue weighted by molar-refractivity contribution is -0.146. The summed E-state index contributed by atoms with van der Waals surface area (Å²) in [5.41, 5.74) is 8.46. The Hall–Kier alpha value is -1.26. The zero-order valence-electron chi connectivity index (χ0n) is 10.3. The molecule has 0 radical (unpaired) electrons. The molecule has 0 saturated heterocycles. The molecule has 0 aromatic heterocycles. The molecule has 1 aliphatic rings. The van der Waals surface area contributed by atoms with Gasteiger partial charge >= 0.3 is 5.97 Å². The van der Waals surface area contributed by atoms with Crippen LogP contribution in [0.25, 0.3) is 10.4 Å². The van der Waals surface area contributed by atoms with E-state index in [9.17, 15) is 4.79 Å². The zero-order chi connectivity index (χ0) is 12.7. The van der Waals surface area contributed by atoms with Crippen molar-refractivity contribution in [2.24, 2.45) is 5.11 Å². The van der Waals surface area contributed by atoms with Gasteiger partial charge in [0, 0.05) is 24.9 Å². The molecule has 0 bridgehead atoms. The van der Waals surface area contributed by atoms with Crippen LogP contribution in [0.1, 0.15) is 39.5 Å². The molecule has 1 fully saturated rings. The fraction of sp³-hybridized carbons (Fsp3) is 0.909. The Labute approximate surface area is 101 Å². The molecule has 0 aromatic rings. The van der Waals surface area contributed by atoms with Crippen LogP contribution in [-0.4, -0.2) is 30.8 Å². The highest BCUT2D eigenvalue weighted by Gasteiger charge is 2.36. The smallest absolute Gasteiger partial charge is 0.302 e. The van der Waals surface area contributed by atoms with Gasteiger partial charge in [0.15, 0.2) is 0 Å². The normalized spacial score (nSPS) is 27.5. The van der Waals surface area contributed by atoms with Gasteiger partial charge in [-0.2, -0.15) is 0 Å². The van der Waals surface area contributed by atoms with Crippen LogP contribution in [0.4, 0.5) is 0 Å². The molecule has 6 heteroatoms. The van der Waals surface area contributed by atoms with Gasteiger partial charge in [-0.15, -0.1) is 0 Å². The molecule has 1 aliphatic carbocycles. The van der Waals surface area contributed by atoms with Crippen molar-refractivity contribution in [3.63, 3.8) is 0 Å². The van der Waals surface area contributed by atoms with Crippen LogP contribution in [0.15, 0.2) is 5.11 Å². The summed E-state index contributed by atoms with van der Waals surface area (Å²) in [7, 11) is 0. The monoisotopic (exact) mass is 241 g/mol. The van der Waals surface area contributed by atoms with Crippen molar-refractivity contribution >= 4 is 5.97 Å². The van der Waals surface area contributed by atoms with Gasteiger partial charge in [0.1, 0.15) is 6.10 Å². The van der Waals surface area contributed by atoms with Crippen molar-refractivity contribution in [3.8, 4) is 0 Å². The van der Waals surface area contributed by atoms with Crippen molar-refractivity contribution in [3.05, 3.63) is 10.4 Å². The van der Waals surface area contributed by atoms with Crippen molar-refractivity contribution in [1.82, 2.24) is 0 Å². The lowest BCUT2D eigenvalue weighted by Crippen LogP contribution is -2.23. The summed E-state index contributed by atoms with van der Waals surface area (Å²) < 4.78 is 10.8. The summed E-state index contributed by atoms with van der Waals surface area (Å²) in [5, 5.41) is 3.66. The summed E-state index contributed by atoms with van der Waals surface area (Å²) in [5.74, 6) is -0.345. The van der Waals surface area contributed by atoms with Crippen LogP contribution >= 0.6 is 0 Å². The second kappa shape index (κ2) is 7.14. The highest BCUT2D eigenvalue weighted by Crippen LogP contribution is 2.28. The minimum absolute atomic E-state index is 0.0291. The highest BCUT2D eigenvalue weighted by atomic mass is 16.5. The predicted molar refractivity (Wildman–Crippen MR) is 62.4 cm³/mol. The second-order valence-corrected chi connectivity index (χ2v) is 4.24. The third-order valence-electron chi connectivity index (χ3n) is 2.80. The number of hydrogen-bond donors (Lipinski definition) is 0. The van der Waals surface area contributed by atoms with Crippen LogP contribution in [0.5, 0.6) is 0 Å². The van der Waals surface area contributed by atoms with E-state index in [0.29, 0.717) is 19.4 Å². The topological polar surface area (TPSA) is 84.3 Å². The maximum atomic E-state index is 10.9. The molecule has 6 nitrogen and oxygen atoms in total. The average Bonchev–Trinajstić information content (AvgIpc) is 2.61. The Morgan fingerprint density at radius 1 is 1.53 bits per heavy atom. The molecule has 17 heavy (non-hydrogen) atoms. The molecule has 1 saturated carbocycles. The van der Waals surface area contributed by atoms with Crippen LogP contribution in [-0.2, 0) is 14.3 Å². The molecule has 96 valence electrons. The van der Waals surface area contributed by atoms with Gasteiger partial charge in [0.2, 0.25) is 0 Å². The first kappa shape index (κ1) is 13.8. The number of rotatable bonds is 6. The third kappa shape index (κ3) is 4.63. The molecular weight excluding hydrogens is 222 g/mol. The summed E-state index contributed by atoms with van der Waals surface area (Å²) in [6, 6.07) is -0.296. The first-order valence-electron chi connectivity index (χ1n) is 6.00. The van der Waals surface area contributed by atoms with Crippen molar-refractivity contribution in [2.45, 2.75) is 57.8 Å². The zero-order valence-corrected chi connectivity index (χ0v) is 10.3. The number of azide groups is 1. The summed E-state index contributed by atoms with van der Waals surface area (Å²) in [6.45, 7) is 4.16. The molecule has 0 amide bonds. The lowest BCUT2D eigenvalue weighted by Gasteiger charge is -2.14. The second-order valence-electron chi connectivity index (χ2n) is 4.24. The van der Waals surface area contributed by atoms with Crippen LogP contribution in [0, 0.1) is 0 Å². The maximum absolute atomic E-state index is 10.9. The van der Waals surface area contributed by atoms with Gasteiger partial charge in [0.25, 0.3) is 0 Å². The van der Waals surface area contributed by atoms with Crippen LogP contribution in [0.2, 0.25) is 0 Å². The number of esters is 1. The van der Waals surface area contributed by atoms with Crippen molar-refractivity contribution < 1.29 is 14.3 Å². The number of carbonyl (C=O) groups is 1. The van der Waals surface area contributed by atoms with E-state index in [1.54, 1.807) is 0 Å². The van der Waals surface area contributed by atoms with E-state index in [1.807, 2.05) is 0 Å². The molecule has 3 atom stereocenters. The molecular formula is C11H19N3O3. The van der Waals surface area contributed by atoms with E-state index in [1.165, 1.54) is 6.92 Å². The standard InChI is InChI=1S/C11H19N3O3/c1-3-4-5-16-9-6-10(13-14-12)11(7-9)17-8(2)15/h9-11H,3-7H2,1-2H3/t9?,10?,11-/m0/s1. The Morgan fingerprint density at radius 3 is 2.88 bits per heavy atom. The van der Waals surface area contributed by atoms with E-state index in [2.05, 4.69) is 16.9 Å². The Kier molecular flexibility index (Phi) is 5.80. The van der Waals surface area contributed by atoms with E-state index in [-0.39, 0.29) is 24.2 Å². The van der Waals surface area contributed by atoms with Gasteiger partial charge < -0.3 is 9.47 Å². The van der Waals surface area contributed by atoms with Crippen molar-refractivity contribution in [1.29, 1.82) is 0 Å². The maximum Gasteiger partial charge on any atom is 0.302 e. The number of hydrogen-bond acceptors (Lipinski definition) is 4. The largest absolute Gasteiger partial charge is 0.462 e. The predicted octanol–water partition coefficient (Wildman–Crippen LogP) is 2.58. The van der Waals surface area contributed by atoms with Gasteiger partial charge in [-0.1, -0.05) is 18.5 Å².